The van der Waals surface area contributed by atoms with E-state index in [9.17, 15) is 14.0 Å². The van der Waals surface area contributed by atoms with Crippen LogP contribution in [0.2, 0.25) is 0 Å². The fourth-order valence-corrected chi connectivity index (χ4v) is 2.23. The topological polar surface area (TPSA) is 58.6 Å². The van der Waals surface area contributed by atoms with Gasteiger partial charge in [-0.2, -0.15) is 0 Å². The molecule has 5 nitrogen and oxygen atoms in total. The molecule has 1 N–H and O–H groups in total. The van der Waals surface area contributed by atoms with Crippen LogP contribution in [0.15, 0.2) is 48.5 Å². The van der Waals surface area contributed by atoms with Crippen LogP contribution in [0.1, 0.15) is 12.0 Å². The summed E-state index contributed by atoms with van der Waals surface area (Å²) in [6, 6.07) is 13.2. The first-order chi connectivity index (χ1) is 12.0. The lowest BCUT2D eigenvalue weighted by molar-refractivity contribution is -0.133. The van der Waals surface area contributed by atoms with Crippen LogP contribution in [-0.2, 0) is 9.59 Å². The third kappa shape index (κ3) is 5.91. The maximum atomic E-state index is 13.1. The van der Waals surface area contributed by atoms with Crippen molar-refractivity contribution in [2.24, 2.45) is 0 Å². The average Bonchev–Trinajstić information content (AvgIpc) is 2.56. The molecule has 0 radical (unpaired) electrons. The maximum absolute atomic E-state index is 13.1. The van der Waals surface area contributed by atoms with E-state index in [0.29, 0.717) is 5.69 Å². The number of amides is 2. The molecule has 2 aromatic carbocycles. The zero-order chi connectivity index (χ0) is 18.2. The fourth-order valence-electron chi connectivity index (χ4n) is 2.23. The number of nitrogens with one attached hydrogen (secondary N) is 1. The van der Waals surface area contributed by atoms with Crippen LogP contribution in [-0.4, -0.2) is 36.9 Å². The number of para-hydroxylation sites is 1. The highest BCUT2D eigenvalue weighted by molar-refractivity contribution is 5.94. The van der Waals surface area contributed by atoms with Gasteiger partial charge in [0.15, 0.2) is 0 Å². The molecule has 2 rings (SSSR count). The van der Waals surface area contributed by atoms with Gasteiger partial charge in [0.1, 0.15) is 11.6 Å². The summed E-state index contributed by atoms with van der Waals surface area (Å²) in [6.45, 7) is 2.05. The van der Waals surface area contributed by atoms with Crippen LogP contribution in [0.25, 0.3) is 0 Å². The van der Waals surface area contributed by atoms with Gasteiger partial charge >= 0.3 is 0 Å². The zero-order valence-electron chi connectivity index (χ0n) is 14.3. The minimum atomic E-state index is -0.435. The average molecular weight is 344 g/mol. The second-order valence-electron chi connectivity index (χ2n) is 5.67. The lowest BCUT2D eigenvalue weighted by atomic mass is 10.2. The molecule has 25 heavy (non-hydrogen) atoms. The van der Waals surface area contributed by atoms with Crippen LogP contribution in [0, 0.1) is 12.7 Å². The van der Waals surface area contributed by atoms with E-state index in [1.807, 2.05) is 31.2 Å². The summed E-state index contributed by atoms with van der Waals surface area (Å²) >= 11 is 0. The van der Waals surface area contributed by atoms with E-state index < -0.39 is 5.82 Å². The van der Waals surface area contributed by atoms with Crippen molar-refractivity contribution in [2.45, 2.75) is 13.3 Å². The number of anilines is 1. The summed E-state index contributed by atoms with van der Waals surface area (Å²) in [4.78, 5) is 25.3. The SMILES string of the molecule is Cc1ccccc1OCCC(=O)N(C)CC(=O)Nc1cccc(F)c1. The Labute approximate surface area is 146 Å². The Balaban J connectivity index is 1.76. The third-order valence-corrected chi connectivity index (χ3v) is 3.58. The third-order valence-electron chi connectivity index (χ3n) is 3.58. The summed E-state index contributed by atoms with van der Waals surface area (Å²) in [7, 11) is 1.54. The predicted octanol–water partition coefficient (Wildman–Crippen LogP) is 3.00. The monoisotopic (exact) mass is 344 g/mol. The van der Waals surface area contributed by atoms with E-state index in [-0.39, 0.29) is 31.4 Å². The number of carbonyl (C=O) groups is 2. The first-order valence-electron chi connectivity index (χ1n) is 7.93. The molecule has 0 heterocycles. The van der Waals surface area contributed by atoms with Gasteiger partial charge in [-0.05, 0) is 36.8 Å². The molecule has 2 amide bonds. The van der Waals surface area contributed by atoms with Gasteiger partial charge in [0.25, 0.3) is 0 Å². The van der Waals surface area contributed by atoms with E-state index in [2.05, 4.69) is 5.32 Å². The molecular weight excluding hydrogens is 323 g/mol. The minimum absolute atomic E-state index is 0.111. The van der Waals surface area contributed by atoms with Gasteiger partial charge in [0.05, 0.1) is 19.6 Å². The molecule has 2 aromatic rings. The highest BCUT2D eigenvalue weighted by Crippen LogP contribution is 2.16. The number of ether oxygens (including phenoxy) is 1. The molecule has 0 fully saturated rings. The molecule has 0 saturated carbocycles. The van der Waals surface area contributed by atoms with Gasteiger partial charge in [-0.1, -0.05) is 24.3 Å². The first kappa shape index (κ1) is 18.4. The van der Waals surface area contributed by atoms with Crippen LogP contribution >= 0.6 is 0 Å². The normalized spacial score (nSPS) is 10.2. The number of likely N-dealkylation sites (N-methyl/N-ethyl adjacent to an activating group) is 1. The molecule has 0 aliphatic carbocycles. The van der Waals surface area contributed by atoms with E-state index in [4.69, 9.17) is 4.74 Å². The van der Waals surface area contributed by atoms with E-state index in [0.717, 1.165) is 11.3 Å². The number of rotatable bonds is 7. The molecule has 0 unspecified atom stereocenters. The number of aryl methyl sites for hydroxylation is 1. The number of halogens is 1. The molecule has 0 saturated heterocycles. The number of benzene rings is 2. The van der Waals surface area contributed by atoms with Crippen molar-refractivity contribution in [3.63, 3.8) is 0 Å². The molecule has 0 bridgehead atoms. The van der Waals surface area contributed by atoms with Gasteiger partial charge in [0, 0.05) is 12.7 Å². The summed E-state index contributed by atoms with van der Waals surface area (Å²) < 4.78 is 18.7. The Kier molecular flexibility index (Phi) is 6.51. The van der Waals surface area contributed by atoms with Crippen molar-refractivity contribution in [1.29, 1.82) is 0 Å². The van der Waals surface area contributed by atoms with Crippen molar-refractivity contribution < 1.29 is 18.7 Å². The number of hydrogen-bond acceptors (Lipinski definition) is 3. The second-order valence-corrected chi connectivity index (χ2v) is 5.67. The number of nitrogens with zero attached hydrogens (tertiary/aromatic N) is 1. The summed E-state index contributed by atoms with van der Waals surface area (Å²) in [5, 5.41) is 2.55. The highest BCUT2D eigenvalue weighted by Gasteiger charge is 2.13. The first-order valence-corrected chi connectivity index (χ1v) is 7.93. The molecule has 0 aromatic heterocycles. The molecule has 0 spiro atoms. The largest absolute Gasteiger partial charge is 0.493 e. The summed E-state index contributed by atoms with van der Waals surface area (Å²) in [5.74, 6) is -0.290. The number of hydrogen-bond donors (Lipinski definition) is 1. The second kappa shape index (κ2) is 8.82. The standard InChI is InChI=1S/C19H21FN2O3/c1-14-6-3-4-9-17(14)25-11-10-19(24)22(2)13-18(23)21-16-8-5-7-15(20)12-16/h3-9,12H,10-11,13H2,1-2H3,(H,21,23). The summed E-state index contributed by atoms with van der Waals surface area (Å²) in [5.41, 5.74) is 1.35. The van der Waals surface area contributed by atoms with Gasteiger partial charge in [-0.3, -0.25) is 9.59 Å². The fraction of sp³-hybridized carbons (Fsp3) is 0.263. The Hall–Kier alpha value is -2.89. The van der Waals surface area contributed by atoms with Crippen molar-refractivity contribution in [2.75, 3.05) is 25.5 Å². The predicted molar refractivity (Wildman–Crippen MR) is 94.0 cm³/mol. The van der Waals surface area contributed by atoms with E-state index in [1.54, 1.807) is 13.1 Å². The maximum Gasteiger partial charge on any atom is 0.243 e. The van der Waals surface area contributed by atoms with Crippen molar-refractivity contribution in [3.05, 3.63) is 59.9 Å². The summed E-state index contributed by atoms with van der Waals surface area (Å²) in [6.07, 6.45) is 0.165. The Bertz CT molecular complexity index is 749. The quantitative estimate of drug-likeness (QED) is 0.840. The Morgan fingerprint density at radius 3 is 2.64 bits per heavy atom. The number of carbonyl (C=O) groups excluding carboxylic acids is 2. The van der Waals surface area contributed by atoms with Crippen LogP contribution in [0.5, 0.6) is 5.75 Å². The van der Waals surface area contributed by atoms with Crippen LogP contribution < -0.4 is 10.1 Å². The van der Waals surface area contributed by atoms with E-state index in [1.165, 1.54) is 23.1 Å². The molecule has 0 atom stereocenters. The Morgan fingerprint density at radius 1 is 1.16 bits per heavy atom. The zero-order valence-corrected chi connectivity index (χ0v) is 14.3. The van der Waals surface area contributed by atoms with Gasteiger partial charge in [-0.15, -0.1) is 0 Å². The van der Waals surface area contributed by atoms with Crippen molar-refractivity contribution in [3.8, 4) is 5.75 Å². The molecule has 0 aliphatic heterocycles. The smallest absolute Gasteiger partial charge is 0.243 e. The van der Waals surface area contributed by atoms with Gasteiger partial charge in [-0.25, -0.2) is 4.39 Å². The lowest BCUT2D eigenvalue weighted by Gasteiger charge is -2.17. The lowest BCUT2D eigenvalue weighted by Crippen LogP contribution is -2.35. The highest BCUT2D eigenvalue weighted by atomic mass is 19.1. The van der Waals surface area contributed by atoms with E-state index >= 15 is 0 Å². The van der Waals surface area contributed by atoms with Crippen LogP contribution in [0.4, 0.5) is 10.1 Å². The van der Waals surface area contributed by atoms with Gasteiger partial charge < -0.3 is 15.0 Å². The minimum Gasteiger partial charge on any atom is -0.493 e. The molecule has 132 valence electrons. The molecule has 6 heteroatoms. The Morgan fingerprint density at radius 2 is 1.92 bits per heavy atom. The molecule has 0 aliphatic rings. The van der Waals surface area contributed by atoms with Crippen molar-refractivity contribution >= 4 is 17.5 Å². The van der Waals surface area contributed by atoms with Crippen molar-refractivity contribution in [1.82, 2.24) is 4.90 Å². The molecular formula is C19H21FN2O3. The van der Waals surface area contributed by atoms with Crippen LogP contribution in [0.3, 0.4) is 0 Å². The van der Waals surface area contributed by atoms with Gasteiger partial charge in [0.2, 0.25) is 11.8 Å².